The van der Waals surface area contributed by atoms with E-state index in [-0.39, 0.29) is 6.42 Å². The maximum absolute atomic E-state index is 10.8. The number of carboxylic acid groups (broad SMARTS) is 1. The lowest BCUT2D eigenvalue weighted by Crippen LogP contribution is -2.19. The molecular formula is C15H12N2O3. The van der Waals surface area contributed by atoms with Gasteiger partial charge in [-0.2, -0.15) is 0 Å². The highest BCUT2D eigenvalue weighted by Crippen LogP contribution is 2.21. The van der Waals surface area contributed by atoms with Crippen LogP contribution in [-0.4, -0.2) is 27.9 Å². The quantitative estimate of drug-likeness (QED) is 0.927. The van der Waals surface area contributed by atoms with Crippen LogP contribution in [0.4, 0.5) is 0 Å². The predicted molar refractivity (Wildman–Crippen MR) is 73.3 cm³/mol. The Bertz CT molecular complexity index is 651. The second kappa shape index (κ2) is 5.13. The van der Waals surface area contributed by atoms with Gasteiger partial charge in [0.15, 0.2) is 0 Å². The highest BCUT2D eigenvalue weighted by atomic mass is 16.7. The van der Waals surface area contributed by atoms with Crippen molar-refractivity contribution in [1.29, 1.82) is 0 Å². The fourth-order valence-electron chi connectivity index (χ4n) is 2.05. The van der Waals surface area contributed by atoms with Gasteiger partial charge >= 0.3 is 5.97 Å². The highest BCUT2D eigenvalue weighted by molar-refractivity contribution is 6.03. The van der Waals surface area contributed by atoms with Crippen LogP contribution >= 0.6 is 0 Å². The summed E-state index contributed by atoms with van der Waals surface area (Å²) < 4.78 is 0. The van der Waals surface area contributed by atoms with E-state index in [4.69, 9.17) is 9.94 Å². The van der Waals surface area contributed by atoms with Crippen LogP contribution in [0.5, 0.6) is 0 Å². The minimum atomic E-state index is -0.992. The molecule has 1 aliphatic rings. The number of benzene rings is 1. The Morgan fingerprint density at radius 3 is 2.50 bits per heavy atom. The van der Waals surface area contributed by atoms with Gasteiger partial charge in [-0.25, -0.2) is 4.79 Å². The molecule has 0 saturated heterocycles. The largest absolute Gasteiger partial charge is 0.478 e. The van der Waals surface area contributed by atoms with E-state index in [2.05, 4.69) is 10.1 Å². The number of pyridine rings is 1. The number of oxime groups is 1. The van der Waals surface area contributed by atoms with Crippen LogP contribution in [0.3, 0.4) is 0 Å². The van der Waals surface area contributed by atoms with Crippen LogP contribution in [0.1, 0.15) is 12.0 Å². The zero-order chi connectivity index (χ0) is 13.9. The number of hydrogen-bond acceptors (Lipinski definition) is 4. The Balaban J connectivity index is 1.79. The molecule has 0 aliphatic carbocycles. The Labute approximate surface area is 115 Å². The van der Waals surface area contributed by atoms with Crippen molar-refractivity contribution in [2.45, 2.75) is 12.5 Å². The van der Waals surface area contributed by atoms with Crippen molar-refractivity contribution in [3.8, 4) is 11.3 Å². The summed E-state index contributed by atoms with van der Waals surface area (Å²) in [6.45, 7) is 0. The van der Waals surface area contributed by atoms with E-state index in [0.29, 0.717) is 5.71 Å². The minimum absolute atomic E-state index is 0.290. The first kappa shape index (κ1) is 12.3. The standard InChI is InChI=1S/C15H12N2O3/c18-15(19)14-9-13(17-20-14)11-6-4-10(5-7-11)12-3-1-2-8-16-12/h1-8,14H,9H2,(H,18,19). The molecule has 2 aromatic rings. The van der Waals surface area contributed by atoms with Crippen LogP contribution in [0.15, 0.2) is 53.8 Å². The zero-order valence-electron chi connectivity index (χ0n) is 10.6. The lowest BCUT2D eigenvalue weighted by atomic mass is 10.0. The molecule has 5 heteroatoms. The van der Waals surface area contributed by atoms with Crippen molar-refractivity contribution in [2.75, 3.05) is 0 Å². The molecule has 1 N–H and O–H groups in total. The van der Waals surface area contributed by atoms with Crippen molar-refractivity contribution in [2.24, 2.45) is 5.16 Å². The van der Waals surface area contributed by atoms with Crippen LogP contribution in [-0.2, 0) is 9.63 Å². The van der Waals surface area contributed by atoms with Crippen molar-refractivity contribution in [3.05, 3.63) is 54.2 Å². The third-order valence-electron chi connectivity index (χ3n) is 3.12. The zero-order valence-corrected chi connectivity index (χ0v) is 10.6. The third-order valence-corrected chi connectivity index (χ3v) is 3.12. The van der Waals surface area contributed by atoms with Gasteiger partial charge in [0.05, 0.1) is 11.4 Å². The lowest BCUT2D eigenvalue weighted by Gasteiger charge is -2.03. The van der Waals surface area contributed by atoms with E-state index in [1.807, 2.05) is 42.5 Å². The Hall–Kier alpha value is -2.69. The average Bonchev–Trinajstić information content (AvgIpc) is 2.98. The molecular weight excluding hydrogens is 256 g/mol. The van der Waals surface area contributed by atoms with Crippen LogP contribution in [0, 0.1) is 0 Å². The van der Waals surface area contributed by atoms with E-state index in [1.165, 1.54) is 0 Å². The van der Waals surface area contributed by atoms with E-state index >= 15 is 0 Å². The van der Waals surface area contributed by atoms with Crippen molar-refractivity contribution >= 4 is 11.7 Å². The van der Waals surface area contributed by atoms with Crippen molar-refractivity contribution in [1.82, 2.24) is 4.98 Å². The number of rotatable bonds is 3. The summed E-state index contributed by atoms with van der Waals surface area (Å²) in [4.78, 5) is 20.0. The Kier molecular flexibility index (Phi) is 3.16. The van der Waals surface area contributed by atoms with Crippen molar-refractivity contribution in [3.63, 3.8) is 0 Å². The van der Waals surface area contributed by atoms with E-state index < -0.39 is 12.1 Å². The van der Waals surface area contributed by atoms with E-state index in [1.54, 1.807) is 6.20 Å². The summed E-state index contributed by atoms with van der Waals surface area (Å²) in [5.41, 5.74) is 3.43. The molecule has 0 radical (unpaired) electrons. The van der Waals surface area contributed by atoms with Gasteiger partial charge in [0.25, 0.3) is 0 Å². The molecule has 2 heterocycles. The first-order valence-corrected chi connectivity index (χ1v) is 6.21. The smallest absolute Gasteiger partial charge is 0.348 e. The fraction of sp³-hybridized carbons (Fsp3) is 0.133. The van der Waals surface area contributed by atoms with Crippen LogP contribution in [0.2, 0.25) is 0 Å². The summed E-state index contributed by atoms with van der Waals surface area (Å²) in [5.74, 6) is -0.992. The second-order valence-corrected chi connectivity index (χ2v) is 4.47. The number of carboxylic acids is 1. The van der Waals surface area contributed by atoms with Gasteiger partial charge in [-0.1, -0.05) is 35.5 Å². The number of nitrogens with zero attached hydrogens (tertiary/aromatic N) is 2. The van der Waals surface area contributed by atoms with Crippen LogP contribution in [0.25, 0.3) is 11.3 Å². The number of hydrogen-bond donors (Lipinski definition) is 1. The number of carbonyl (C=O) groups is 1. The summed E-state index contributed by atoms with van der Waals surface area (Å²) in [7, 11) is 0. The van der Waals surface area contributed by atoms with Crippen LogP contribution < -0.4 is 0 Å². The summed E-state index contributed by atoms with van der Waals surface area (Å²) >= 11 is 0. The Morgan fingerprint density at radius 2 is 1.90 bits per heavy atom. The second-order valence-electron chi connectivity index (χ2n) is 4.47. The minimum Gasteiger partial charge on any atom is -0.478 e. The molecule has 5 nitrogen and oxygen atoms in total. The van der Waals surface area contributed by atoms with Gasteiger partial charge in [0.1, 0.15) is 0 Å². The van der Waals surface area contributed by atoms with E-state index in [0.717, 1.165) is 16.8 Å². The van der Waals surface area contributed by atoms with Gasteiger partial charge in [-0.15, -0.1) is 0 Å². The van der Waals surface area contributed by atoms with E-state index in [9.17, 15) is 4.79 Å². The number of aromatic nitrogens is 1. The molecule has 0 saturated carbocycles. The van der Waals surface area contributed by atoms with Crippen molar-refractivity contribution < 1.29 is 14.7 Å². The first-order chi connectivity index (χ1) is 9.74. The molecule has 1 aromatic heterocycles. The maximum Gasteiger partial charge on any atom is 0.348 e. The topological polar surface area (TPSA) is 71.8 Å². The first-order valence-electron chi connectivity index (χ1n) is 6.21. The van der Waals surface area contributed by atoms with Gasteiger partial charge < -0.3 is 9.94 Å². The monoisotopic (exact) mass is 268 g/mol. The molecule has 1 aromatic carbocycles. The van der Waals surface area contributed by atoms with Gasteiger partial charge in [-0.3, -0.25) is 4.98 Å². The molecule has 1 unspecified atom stereocenters. The summed E-state index contributed by atoms with van der Waals surface area (Å²) in [5, 5.41) is 12.7. The molecule has 100 valence electrons. The summed E-state index contributed by atoms with van der Waals surface area (Å²) in [6.07, 6.45) is 1.16. The summed E-state index contributed by atoms with van der Waals surface area (Å²) in [6, 6.07) is 13.4. The Morgan fingerprint density at radius 1 is 1.15 bits per heavy atom. The molecule has 3 rings (SSSR count). The molecule has 0 amide bonds. The molecule has 0 fully saturated rings. The number of aliphatic carboxylic acids is 1. The normalized spacial score (nSPS) is 17.4. The fourth-order valence-corrected chi connectivity index (χ4v) is 2.05. The molecule has 1 aliphatic heterocycles. The average molecular weight is 268 g/mol. The molecule has 0 spiro atoms. The molecule has 20 heavy (non-hydrogen) atoms. The van der Waals surface area contributed by atoms with Gasteiger partial charge in [0.2, 0.25) is 6.10 Å². The highest BCUT2D eigenvalue weighted by Gasteiger charge is 2.28. The molecule has 0 bridgehead atoms. The van der Waals surface area contributed by atoms with Gasteiger partial charge in [0, 0.05) is 18.2 Å². The third kappa shape index (κ3) is 2.38. The molecule has 1 atom stereocenters. The van der Waals surface area contributed by atoms with Gasteiger partial charge in [-0.05, 0) is 17.7 Å². The lowest BCUT2D eigenvalue weighted by molar-refractivity contribution is -0.148. The SMILES string of the molecule is O=C(O)C1CC(c2ccc(-c3ccccn3)cc2)=NO1. The predicted octanol–water partition coefficient (Wildman–Crippen LogP) is 2.33. The maximum atomic E-state index is 10.8.